The molecule has 0 bridgehead atoms. The largest absolute Gasteiger partial charge is 0.472 e. The molecule has 7 heteroatoms. The van der Waals surface area contributed by atoms with Crippen LogP contribution in [-0.4, -0.2) is 9.79 Å². The zero-order chi connectivity index (χ0) is 5.21. The Morgan fingerprint density at radius 3 is 1.71 bits per heavy atom. The molecule has 0 rings (SSSR count). The fourth-order valence-electron chi connectivity index (χ4n) is 0. The van der Waals surface area contributed by atoms with Crippen molar-refractivity contribution in [3.05, 3.63) is 0 Å². The third kappa shape index (κ3) is 11.0. The molecule has 0 amide bonds. The van der Waals surface area contributed by atoms with Crippen molar-refractivity contribution in [1.29, 1.82) is 0 Å². The van der Waals surface area contributed by atoms with Gasteiger partial charge in [-0.3, -0.25) is 4.31 Å². The first-order valence-electron chi connectivity index (χ1n) is 1.00. The van der Waals surface area contributed by atoms with Crippen molar-refractivity contribution in [3.8, 4) is 0 Å². The Morgan fingerprint density at radius 2 is 1.71 bits per heavy atom. The summed E-state index contributed by atoms with van der Waals surface area (Å²) in [6, 6.07) is 0. The molecular formula is H4FeO4P2. The molecule has 0 aromatic rings. The predicted molar refractivity (Wildman–Crippen MR) is 22.8 cm³/mol. The molecule has 0 heterocycles. The van der Waals surface area contributed by atoms with Gasteiger partial charge in [-0.1, -0.05) is 0 Å². The molecule has 1 atom stereocenters. The third-order valence-corrected chi connectivity index (χ3v) is 1.24. The van der Waals surface area contributed by atoms with Gasteiger partial charge in [-0.2, -0.15) is 0 Å². The summed E-state index contributed by atoms with van der Waals surface area (Å²) in [7, 11) is -2.72. The molecule has 0 saturated carbocycles. The van der Waals surface area contributed by atoms with Crippen molar-refractivity contribution in [2.45, 2.75) is 0 Å². The van der Waals surface area contributed by atoms with Gasteiger partial charge in [0.2, 0.25) is 0 Å². The maximum absolute atomic E-state index is 9.45. The van der Waals surface area contributed by atoms with E-state index in [1.165, 1.54) is 9.47 Å². The predicted octanol–water partition coefficient (Wildman–Crippen LogP) is -0.117. The minimum Gasteiger partial charge on any atom is -0.302 e. The Labute approximate surface area is 53.6 Å². The molecule has 7 heavy (non-hydrogen) atoms. The van der Waals surface area contributed by atoms with Crippen LogP contribution in [0.15, 0.2) is 0 Å². The summed E-state index contributed by atoms with van der Waals surface area (Å²) in [5.74, 6) is 0. The van der Waals surface area contributed by atoms with Crippen LogP contribution < -0.4 is 0 Å². The van der Waals surface area contributed by atoms with Gasteiger partial charge in [0.25, 0.3) is 0 Å². The zero-order valence-electron chi connectivity index (χ0n) is 3.09. The van der Waals surface area contributed by atoms with Crippen molar-refractivity contribution in [2.75, 3.05) is 0 Å². The van der Waals surface area contributed by atoms with Crippen molar-refractivity contribution in [1.82, 2.24) is 0 Å². The maximum atomic E-state index is 9.45. The van der Waals surface area contributed by atoms with E-state index in [1.807, 2.05) is 0 Å². The van der Waals surface area contributed by atoms with Gasteiger partial charge in [0.15, 0.2) is 0 Å². The van der Waals surface area contributed by atoms with Crippen LogP contribution in [-0.2, 0) is 25.9 Å². The van der Waals surface area contributed by atoms with Gasteiger partial charge < -0.3 is 9.79 Å². The second-order valence-corrected chi connectivity index (χ2v) is 2.42. The SMILES string of the molecule is O=P(O)(O)OP.[Fe]. The Morgan fingerprint density at radius 1 is 1.57 bits per heavy atom. The van der Waals surface area contributed by atoms with Crippen molar-refractivity contribution < 1.29 is 35.7 Å². The van der Waals surface area contributed by atoms with E-state index in [-0.39, 0.29) is 17.1 Å². The van der Waals surface area contributed by atoms with Gasteiger partial charge in [-0.25, -0.2) is 4.57 Å². The van der Waals surface area contributed by atoms with Gasteiger partial charge in [0, 0.05) is 26.5 Å². The average molecular weight is 186 g/mol. The van der Waals surface area contributed by atoms with Crippen molar-refractivity contribution >= 4 is 17.3 Å². The topological polar surface area (TPSA) is 66.8 Å². The normalized spacial score (nSPS) is 10.1. The van der Waals surface area contributed by atoms with Crippen LogP contribution in [0.1, 0.15) is 0 Å². The molecule has 0 spiro atoms. The Hall–Kier alpha value is 1.06. The average Bonchev–Trinajstić information content (AvgIpc) is 1.35. The summed E-state index contributed by atoms with van der Waals surface area (Å²) < 4.78 is 13.0. The summed E-state index contributed by atoms with van der Waals surface area (Å²) in [5.41, 5.74) is 0. The molecule has 0 aliphatic rings. The van der Waals surface area contributed by atoms with Crippen LogP contribution in [0.4, 0.5) is 0 Å². The van der Waals surface area contributed by atoms with Crippen LogP contribution in [0.5, 0.6) is 0 Å². The fourth-order valence-corrected chi connectivity index (χ4v) is 0. The second kappa shape index (κ2) is 3.99. The Bertz CT molecular complexity index is 73.8. The van der Waals surface area contributed by atoms with Crippen molar-refractivity contribution in [3.63, 3.8) is 0 Å². The van der Waals surface area contributed by atoms with E-state index >= 15 is 0 Å². The number of hydrogen-bond acceptors (Lipinski definition) is 2. The van der Waals surface area contributed by atoms with Gasteiger partial charge in [0.05, 0.1) is 0 Å². The standard InChI is InChI=1S/Fe.H4O4P2/c;1-6(2,3)4-5/h;5H2,(H2,1,2,3). The Kier molecular flexibility index (Phi) is 6.24. The molecule has 0 aromatic heterocycles. The quantitative estimate of drug-likeness (QED) is 0.442. The van der Waals surface area contributed by atoms with Crippen LogP contribution in [0, 0.1) is 0 Å². The van der Waals surface area contributed by atoms with Crippen LogP contribution in [0.25, 0.3) is 0 Å². The molecule has 0 aromatic carbocycles. The van der Waals surface area contributed by atoms with E-state index in [2.05, 4.69) is 4.31 Å². The molecule has 4 nitrogen and oxygen atoms in total. The minimum atomic E-state index is -4.18. The van der Waals surface area contributed by atoms with Crippen LogP contribution in [0.3, 0.4) is 0 Å². The van der Waals surface area contributed by atoms with E-state index in [0.717, 1.165) is 0 Å². The molecule has 0 fully saturated rings. The summed E-state index contributed by atoms with van der Waals surface area (Å²) in [6.45, 7) is 0. The first-order chi connectivity index (χ1) is 2.56. The molecule has 46 valence electrons. The summed E-state index contributed by atoms with van der Waals surface area (Å²) >= 11 is 0. The first-order valence-corrected chi connectivity index (χ1v) is 3.00. The smallest absolute Gasteiger partial charge is 0.302 e. The van der Waals surface area contributed by atoms with E-state index in [0.29, 0.717) is 0 Å². The van der Waals surface area contributed by atoms with Crippen molar-refractivity contribution in [2.24, 2.45) is 0 Å². The van der Waals surface area contributed by atoms with E-state index < -0.39 is 7.82 Å². The summed E-state index contributed by atoms with van der Waals surface area (Å²) in [6.07, 6.45) is 0. The monoisotopic (exact) mass is 186 g/mol. The minimum absolute atomic E-state index is 0. The Balaban J connectivity index is 0. The van der Waals surface area contributed by atoms with E-state index in [1.54, 1.807) is 0 Å². The zero-order valence-corrected chi connectivity index (χ0v) is 6.24. The van der Waals surface area contributed by atoms with E-state index in [9.17, 15) is 4.57 Å². The molecule has 2 N–H and O–H groups in total. The fraction of sp³-hybridized carbons (Fsp3) is 0. The molecule has 0 aliphatic heterocycles. The molecule has 0 saturated heterocycles. The number of phosphoric acid groups is 1. The summed E-state index contributed by atoms with van der Waals surface area (Å²) in [5, 5.41) is 0. The van der Waals surface area contributed by atoms with Gasteiger partial charge in [-0.15, -0.1) is 0 Å². The number of rotatable bonds is 1. The van der Waals surface area contributed by atoms with Gasteiger partial charge in [0.1, 0.15) is 0 Å². The van der Waals surface area contributed by atoms with E-state index in [4.69, 9.17) is 9.79 Å². The third-order valence-electron chi connectivity index (χ3n) is 0.137. The van der Waals surface area contributed by atoms with Gasteiger partial charge >= 0.3 is 7.82 Å². The second-order valence-electron chi connectivity index (χ2n) is 0.596. The maximum Gasteiger partial charge on any atom is 0.472 e. The number of hydrogen-bond donors (Lipinski definition) is 2. The molecule has 0 radical (unpaired) electrons. The van der Waals surface area contributed by atoms with Crippen LogP contribution >= 0.6 is 17.3 Å². The summed E-state index contributed by atoms with van der Waals surface area (Å²) in [4.78, 5) is 15.4. The molecule has 1 unspecified atom stereocenters. The first kappa shape index (κ1) is 10.9. The molecular weight excluding hydrogens is 182 g/mol. The van der Waals surface area contributed by atoms with Gasteiger partial charge in [-0.05, 0) is 0 Å². The van der Waals surface area contributed by atoms with Crippen LogP contribution in [0.2, 0.25) is 0 Å². The molecule has 0 aliphatic carbocycles.